The lowest BCUT2D eigenvalue weighted by atomic mass is 9.53. The number of rotatable bonds is 0. The molecule has 1 saturated carbocycles. The number of alkyl halides is 2. The fraction of sp³-hybridized carbons (Fsp3) is 0.846. The number of allylic oxidation sites excluding steroid dienone is 2. The van der Waals surface area contributed by atoms with Crippen molar-refractivity contribution in [3.8, 4) is 0 Å². The van der Waals surface area contributed by atoms with Crippen LogP contribution in [-0.2, 0) is 0 Å². The van der Waals surface area contributed by atoms with E-state index in [-0.39, 0.29) is 21.6 Å². The zero-order valence-electron chi connectivity index (χ0n) is 9.76. The predicted octanol–water partition coefficient (Wildman–Crippen LogP) is 4.60. The van der Waals surface area contributed by atoms with Crippen LogP contribution in [0.4, 0.5) is 0 Å². The molecule has 0 unspecified atom stereocenters. The van der Waals surface area contributed by atoms with E-state index in [0.717, 1.165) is 6.42 Å². The summed E-state index contributed by atoms with van der Waals surface area (Å²) < 4.78 is 0. The van der Waals surface area contributed by atoms with Gasteiger partial charge in [-0.25, -0.2) is 0 Å². The molecule has 0 aromatic heterocycles. The van der Waals surface area contributed by atoms with Crippen LogP contribution >= 0.6 is 23.2 Å². The van der Waals surface area contributed by atoms with E-state index in [2.05, 4.69) is 32.9 Å². The largest absolute Gasteiger partial charge is 0.121 e. The van der Waals surface area contributed by atoms with Crippen LogP contribution in [0.1, 0.15) is 40.0 Å². The number of fused-ring (bicyclic) bond motifs is 1. The average Bonchev–Trinajstić information content (AvgIpc) is 2.14. The quantitative estimate of drug-likeness (QED) is 0.433. The number of hydrogen-bond donors (Lipinski definition) is 0. The minimum Gasteiger partial charge on any atom is -0.121 e. The topological polar surface area (TPSA) is 0 Å². The Morgan fingerprint density at radius 3 is 2.53 bits per heavy atom. The molecule has 0 aromatic carbocycles. The first-order valence-electron chi connectivity index (χ1n) is 5.84. The summed E-state index contributed by atoms with van der Waals surface area (Å²) >= 11 is 12.9. The van der Waals surface area contributed by atoms with E-state index < -0.39 is 0 Å². The second-order valence-electron chi connectivity index (χ2n) is 5.98. The van der Waals surface area contributed by atoms with Crippen molar-refractivity contribution in [3.63, 3.8) is 0 Å². The molecular formula is C13H20Cl2. The standard InChI is InChI=1S/C13H20Cl2/c1-12(2)10-6-4-5-7-13(10,3)8-9(14)11(12)15/h5,7,9-11H,4,6,8H2,1-3H3/t9-,10+,11+,13+/m1/s1. The van der Waals surface area contributed by atoms with E-state index >= 15 is 0 Å². The third-order valence-electron chi connectivity index (χ3n) is 4.48. The van der Waals surface area contributed by atoms with Crippen LogP contribution in [0.3, 0.4) is 0 Å². The highest BCUT2D eigenvalue weighted by Crippen LogP contribution is 2.57. The van der Waals surface area contributed by atoms with Crippen LogP contribution < -0.4 is 0 Å². The molecule has 0 saturated heterocycles. The minimum absolute atomic E-state index is 0.101. The molecule has 2 heteroatoms. The van der Waals surface area contributed by atoms with E-state index in [1.165, 1.54) is 12.8 Å². The Kier molecular flexibility index (Phi) is 2.88. The molecule has 0 amide bonds. The van der Waals surface area contributed by atoms with Gasteiger partial charge in [-0.2, -0.15) is 0 Å². The highest BCUT2D eigenvalue weighted by atomic mass is 35.5. The van der Waals surface area contributed by atoms with Crippen molar-refractivity contribution in [1.29, 1.82) is 0 Å². The molecule has 1 fully saturated rings. The second kappa shape index (κ2) is 3.67. The Bertz CT molecular complexity index is 282. The third-order valence-corrected chi connectivity index (χ3v) is 5.88. The Balaban J connectivity index is 2.38. The summed E-state index contributed by atoms with van der Waals surface area (Å²) in [6.07, 6.45) is 8.16. The molecule has 0 nitrogen and oxygen atoms in total. The van der Waals surface area contributed by atoms with Crippen molar-refractivity contribution >= 4 is 23.2 Å². The molecule has 86 valence electrons. The summed E-state index contributed by atoms with van der Waals surface area (Å²) in [5.74, 6) is 0.674. The normalized spacial score (nSPS) is 48.7. The van der Waals surface area contributed by atoms with Gasteiger partial charge >= 0.3 is 0 Å². The monoisotopic (exact) mass is 246 g/mol. The molecule has 0 N–H and O–H groups in total. The van der Waals surface area contributed by atoms with Crippen molar-refractivity contribution in [2.45, 2.75) is 50.8 Å². The minimum atomic E-state index is 0.101. The Hall–Kier alpha value is 0.320. The Labute approximate surface area is 103 Å². The van der Waals surface area contributed by atoms with Crippen LogP contribution in [0.5, 0.6) is 0 Å². The summed E-state index contributed by atoms with van der Waals surface area (Å²) in [5.41, 5.74) is 0.408. The summed E-state index contributed by atoms with van der Waals surface area (Å²) in [6.45, 7) is 6.90. The summed E-state index contributed by atoms with van der Waals surface area (Å²) in [5, 5.41) is 0.203. The summed E-state index contributed by atoms with van der Waals surface area (Å²) in [6, 6.07) is 0. The molecule has 0 spiro atoms. The highest BCUT2D eigenvalue weighted by molar-refractivity contribution is 6.30. The molecule has 0 bridgehead atoms. The number of halogens is 2. The van der Waals surface area contributed by atoms with Crippen molar-refractivity contribution in [2.24, 2.45) is 16.7 Å². The zero-order valence-corrected chi connectivity index (χ0v) is 11.3. The molecule has 0 aliphatic heterocycles. The maximum atomic E-state index is 6.48. The zero-order chi connectivity index (χ0) is 11.3. The fourth-order valence-electron chi connectivity index (χ4n) is 3.68. The van der Waals surface area contributed by atoms with Crippen LogP contribution in [0.25, 0.3) is 0 Å². The molecule has 0 aromatic rings. The summed E-state index contributed by atoms with van der Waals surface area (Å²) in [4.78, 5) is 0. The van der Waals surface area contributed by atoms with Crippen LogP contribution in [0.15, 0.2) is 12.2 Å². The Morgan fingerprint density at radius 1 is 1.20 bits per heavy atom. The van der Waals surface area contributed by atoms with Gasteiger partial charge in [0.15, 0.2) is 0 Å². The molecule has 0 heterocycles. The van der Waals surface area contributed by atoms with Gasteiger partial charge in [0.05, 0.1) is 10.8 Å². The maximum absolute atomic E-state index is 6.48. The second-order valence-corrected chi connectivity index (χ2v) is 7.01. The molecule has 15 heavy (non-hydrogen) atoms. The van der Waals surface area contributed by atoms with Gasteiger partial charge < -0.3 is 0 Å². The lowest BCUT2D eigenvalue weighted by Crippen LogP contribution is -2.52. The van der Waals surface area contributed by atoms with Crippen molar-refractivity contribution in [2.75, 3.05) is 0 Å². The van der Waals surface area contributed by atoms with Crippen LogP contribution in [-0.4, -0.2) is 10.8 Å². The number of hydrogen-bond acceptors (Lipinski definition) is 0. The average molecular weight is 247 g/mol. The van der Waals surface area contributed by atoms with Gasteiger partial charge in [-0.1, -0.05) is 32.9 Å². The predicted molar refractivity (Wildman–Crippen MR) is 67.7 cm³/mol. The van der Waals surface area contributed by atoms with E-state index in [4.69, 9.17) is 23.2 Å². The van der Waals surface area contributed by atoms with Gasteiger partial charge in [-0.05, 0) is 36.0 Å². The van der Waals surface area contributed by atoms with Gasteiger partial charge in [0.2, 0.25) is 0 Å². The van der Waals surface area contributed by atoms with Crippen LogP contribution in [0.2, 0.25) is 0 Å². The molecule has 2 aliphatic rings. The lowest BCUT2D eigenvalue weighted by molar-refractivity contribution is 0.0300. The molecule has 2 aliphatic carbocycles. The molecule has 0 radical (unpaired) electrons. The van der Waals surface area contributed by atoms with Gasteiger partial charge in [0.1, 0.15) is 0 Å². The first-order chi connectivity index (χ1) is 6.88. The van der Waals surface area contributed by atoms with Crippen LogP contribution in [0, 0.1) is 16.7 Å². The van der Waals surface area contributed by atoms with Crippen molar-refractivity contribution in [3.05, 3.63) is 12.2 Å². The van der Waals surface area contributed by atoms with Gasteiger partial charge in [0.25, 0.3) is 0 Å². The molecular weight excluding hydrogens is 227 g/mol. The van der Waals surface area contributed by atoms with E-state index in [1.807, 2.05) is 0 Å². The molecule has 2 rings (SSSR count). The van der Waals surface area contributed by atoms with E-state index in [9.17, 15) is 0 Å². The maximum Gasteiger partial charge on any atom is 0.0553 e. The lowest BCUT2D eigenvalue weighted by Gasteiger charge is -2.55. The van der Waals surface area contributed by atoms with Crippen molar-refractivity contribution < 1.29 is 0 Å². The highest BCUT2D eigenvalue weighted by Gasteiger charge is 2.53. The van der Waals surface area contributed by atoms with E-state index in [0.29, 0.717) is 5.92 Å². The van der Waals surface area contributed by atoms with E-state index in [1.54, 1.807) is 0 Å². The van der Waals surface area contributed by atoms with Gasteiger partial charge in [-0.15, -0.1) is 23.2 Å². The first kappa shape index (κ1) is 11.8. The third kappa shape index (κ3) is 1.74. The van der Waals surface area contributed by atoms with Gasteiger partial charge in [0, 0.05) is 0 Å². The molecule has 4 atom stereocenters. The SMILES string of the molecule is CC1(C)[C@@H](Cl)[C@H](Cl)C[C@]2(C)C=CCC[C@@H]12. The van der Waals surface area contributed by atoms with Crippen molar-refractivity contribution in [1.82, 2.24) is 0 Å². The van der Waals surface area contributed by atoms with Gasteiger partial charge in [-0.3, -0.25) is 0 Å². The summed E-state index contributed by atoms with van der Waals surface area (Å²) in [7, 11) is 0. The Morgan fingerprint density at radius 2 is 1.87 bits per heavy atom. The smallest absolute Gasteiger partial charge is 0.0553 e. The fourth-order valence-corrected chi connectivity index (χ4v) is 4.57. The first-order valence-corrected chi connectivity index (χ1v) is 6.71.